The van der Waals surface area contributed by atoms with Crippen LogP contribution in [0.5, 0.6) is 0 Å². The lowest BCUT2D eigenvalue weighted by atomic mass is 9.84. The molecule has 0 saturated carbocycles. The van der Waals surface area contributed by atoms with Gasteiger partial charge in [-0.25, -0.2) is 0 Å². The molecule has 0 amide bonds. The number of nitrogens with one attached hydrogen (secondary N) is 1. The minimum atomic E-state index is 0.135. The number of rotatable bonds is 6. The van der Waals surface area contributed by atoms with Crippen LogP contribution in [0, 0.1) is 6.92 Å². The summed E-state index contributed by atoms with van der Waals surface area (Å²) < 4.78 is 0. The van der Waals surface area contributed by atoms with E-state index >= 15 is 0 Å². The minimum absolute atomic E-state index is 0.135. The highest BCUT2D eigenvalue weighted by Gasteiger charge is 2.38. The van der Waals surface area contributed by atoms with Gasteiger partial charge in [0.2, 0.25) is 0 Å². The van der Waals surface area contributed by atoms with Crippen molar-refractivity contribution in [3.05, 3.63) is 35.4 Å². The first kappa shape index (κ1) is 15.5. The van der Waals surface area contributed by atoms with Crippen LogP contribution in [0.15, 0.2) is 24.3 Å². The average Bonchev–Trinajstić information content (AvgIpc) is 3.00. The van der Waals surface area contributed by atoms with E-state index in [2.05, 4.69) is 55.4 Å². The molecule has 0 aliphatic carbocycles. The van der Waals surface area contributed by atoms with E-state index in [-0.39, 0.29) is 11.6 Å². The maximum absolute atomic E-state index is 5.90. The predicted octanol–water partition coefficient (Wildman–Crippen LogP) is 2.63. The zero-order valence-corrected chi connectivity index (χ0v) is 13.2. The fourth-order valence-electron chi connectivity index (χ4n) is 3.34. The summed E-state index contributed by atoms with van der Waals surface area (Å²) in [6.07, 6.45) is 4.74. The van der Waals surface area contributed by atoms with E-state index in [1.54, 1.807) is 0 Å². The summed E-state index contributed by atoms with van der Waals surface area (Å²) in [5.41, 5.74) is 5.89. The molecular weight excluding hydrogens is 246 g/mol. The van der Waals surface area contributed by atoms with Gasteiger partial charge in [0.05, 0.1) is 0 Å². The highest BCUT2D eigenvalue weighted by atomic mass is 15.3. The minimum Gasteiger partial charge on any atom is -0.296 e. The molecule has 1 aromatic carbocycles. The summed E-state index contributed by atoms with van der Waals surface area (Å²) in [6, 6.07) is 9.09. The van der Waals surface area contributed by atoms with Gasteiger partial charge in [0.1, 0.15) is 0 Å². The third-order valence-electron chi connectivity index (χ3n) is 5.06. The Morgan fingerprint density at radius 2 is 1.85 bits per heavy atom. The van der Waals surface area contributed by atoms with Gasteiger partial charge in [0, 0.05) is 11.6 Å². The largest absolute Gasteiger partial charge is 0.296 e. The third-order valence-corrected chi connectivity index (χ3v) is 5.06. The number of nitrogens with zero attached hydrogens (tertiary/aromatic N) is 1. The summed E-state index contributed by atoms with van der Waals surface area (Å²) in [6.45, 7) is 9.17. The van der Waals surface area contributed by atoms with Crippen molar-refractivity contribution in [2.24, 2.45) is 5.84 Å². The van der Waals surface area contributed by atoms with Gasteiger partial charge in [-0.15, -0.1) is 0 Å². The molecule has 2 rings (SSSR count). The summed E-state index contributed by atoms with van der Waals surface area (Å²) in [5, 5.41) is 0. The Balaban J connectivity index is 2.14. The first-order valence-electron chi connectivity index (χ1n) is 7.87. The molecule has 3 heteroatoms. The smallest absolute Gasteiger partial charge is 0.0432 e. The Kier molecular flexibility index (Phi) is 5.19. The molecular formula is C17H29N3. The first-order chi connectivity index (χ1) is 9.60. The molecule has 1 aliphatic rings. The van der Waals surface area contributed by atoms with E-state index in [0.717, 1.165) is 12.8 Å². The quantitative estimate of drug-likeness (QED) is 0.619. The second kappa shape index (κ2) is 6.70. The van der Waals surface area contributed by atoms with Crippen LogP contribution in [0.2, 0.25) is 0 Å². The Morgan fingerprint density at radius 1 is 1.25 bits per heavy atom. The monoisotopic (exact) mass is 275 g/mol. The van der Waals surface area contributed by atoms with Gasteiger partial charge >= 0.3 is 0 Å². The van der Waals surface area contributed by atoms with Gasteiger partial charge in [-0.1, -0.05) is 36.8 Å². The van der Waals surface area contributed by atoms with E-state index in [1.807, 2.05) is 0 Å². The molecule has 1 fully saturated rings. The molecule has 0 aromatic heterocycles. The van der Waals surface area contributed by atoms with Crippen molar-refractivity contribution < 1.29 is 0 Å². The third kappa shape index (κ3) is 3.22. The number of likely N-dealkylation sites (tertiary alicyclic amines) is 1. The summed E-state index contributed by atoms with van der Waals surface area (Å²) in [7, 11) is 0. The van der Waals surface area contributed by atoms with Gasteiger partial charge < -0.3 is 0 Å². The maximum atomic E-state index is 5.90. The zero-order valence-electron chi connectivity index (χ0n) is 13.2. The van der Waals surface area contributed by atoms with E-state index in [0.29, 0.717) is 0 Å². The topological polar surface area (TPSA) is 41.3 Å². The van der Waals surface area contributed by atoms with Crippen molar-refractivity contribution in [2.75, 3.05) is 13.1 Å². The molecule has 2 atom stereocenters. The number of hydrazine groups is 1. The van der Waals surface area contributed by atoms with Gasteiger partial charge in [-0.3, -0.25) is 16.2 Å². The molecule has 1 aliphatic heterocycles. The van der Waals surface area contributed by atoms with E-state index in [4.69, 9.17) is 5.84 Å². The van der Waals surface area contributed by atoms with Gasteiger partial charge in [0.15, 0.2) is 0 Å². The molecule has 0 spiro atoms. The van der Waals surface area contributed by atoms with Crippen LogP contribution in [-0.4, -0.2) is 29.6 Å². The van der Waals surface area contributed by atoms with Crippen molar-refractivity contribution in [3.8, 4) is 0 Å². The van der Waals surface area contributed by atoms with Crippen LogP contribution in [-0.2, 0) is 6.42 Å². The Labute approximate surface area is 123 Å². The molecule has 112 valence electrons. The average molecular weight is 275 g/mol. The molecule has 3 nitrogen and oxygen atoms in total. The second-order valence-electron chi connectivity index (χ2n) is 6.31. The van der Waals surface area contributed by atoms with Crippen LogP contribution < -0.4 is 11.3 Å². The Hall–Kier alpha value is -0.900. The lowest BCUT2D eigenvalue weighted by Gasteiger charge is -2.44. The fraction of sp³-hybridized carbons (Fsp3) is 0.647. The fourth-order valence-corrected chi connectivity index (χ4v) is 3.34. The van der Waals surface area contributed by atoms with Gasteiger partial charge in [0.25, 0.3) is 0 Å². The molecule has 1 heterocycles. The van der Waals surface area contributed by atoms with Crippen molar-refractivity contribution in [1.82, 2.24) is 10.3 Å². The lowest BCUT2D eigenvalue weighted by molar-refractivity contribution is 0.0841. The molecule has 2 unspecified atom stereocenters. The van der Waals surface area contributed by atoms with E-state index in [9.17, 15) is 0 Å². The number of aryl methyl sites for hydroxylation is 1. The van der Waals surface area contributed by atoms with Gasteiger partial charge in [-0.05, 0) is 58.2 Å². The lowest BCUT2D eigenvalue weighted by Crippen LogP contribution is -2.61. The molecule has 20 heavy (non-hydrogen) atoms. The maximum Gasteiger partial charge on any atom is 0.0432 e. The molecule has 1 aromatic rings. The van der Waals surface area contributed by atoms with Crippen LogP contribution >= 0.6 is 0 Å². The Bertz CT molecular complexity index is 409. The zero-order chi connectivity index (χ0) is 14.6. The summed E-state index contributed by atoms with van der Waals surface area (Å²) in [5.74, 6) is 5.90. The number of nitrogens with two attached hydrogens (primary N) is 1. The van der Waals surface area contributed by atoms with E-state index < -0.39 is 0 Å². The van der Waals surface area contributed by atoms with Crippen molar-refractivity contribution >= 4 is 0 Å². The SMILES string of the molecule is CCC(C)(C(Cc1ccc(C)cc1)NN)N1CCCC1. The van der Waals surface area contributed by atoms with Crippen LogP contribution in [0.3, 0.4) is 0 Å². The highest BCUT2D eigenvalue weighted by Crippen LogP contribution is 2.29. The number of hydrogen-bond donors (Lipinski definition) is 2. The first-order valence-corrected chi connectivity index (χ1v) is 7.87. The van der Waals surface area contributed by atoms with E-state index in [1.165, 1.54) is 37.1 Å². The Morgan fingerprint density at radius 3 is 2.35 bits per heavy atom. The van der Waals surface area contributed by atoms with Gasteiger partial charge in [-0.2, -0.15) is 0 Å². The summed E-state index contributed by atoms with van der Waals surface area (Å²) in [4.78, 5) is 2.62. The highest BCUT2D eigenvalue weighted by molar-refractivity contribution is 5.23. The van der Waals surface area contributed by atoms with Crippen molar-refractivity contribution in [1.29, 1.82) is 0 Å². The molecule has 1 saturated heterocycles. The van der Waals surface area contributed by atoms with Crippen molar-refractivity contribution in [3.63, 3.8) is 0 Å². The molecule has 0 radical (unpaired) electrons. The normalized spacial score (nSPS) is 20.8. The van der Waals surface area contributed by atoms with Crippen LogP contribution in [0.25, 0.3) is 0 Å². The van der Waals surface area contributed by atoms with Crippen LogP contribution in [0.1, 0.15) is 44.2 Å². The predicted molar refractivity (Wildman–Crippen MR) is 85.5 cm³/mol. The van der Waals surface area contributed by atoms with Crippen LogP contribution in [0.4, 0.5) is 0 Å². The standard InChI is InChI=1S/C17H29N3/c1-4-17(3,20-11-5-6-12-20)16(19-18)13-15-9-7-14(2)8-10-15/h7-10,16,19H,4-6,11-13,18H2,1-3H3. The number of hydrogen-bond acceptors (Lipinski definition) is 3. The summed E-state index contributed by atoms with van der Waals surface area (Å²) >= 11 is 0. The second-order valence-corrected chi connectivity index (χ2v) is 6.31. The number of benzene rings is 1. The molecule has 0 bridgehead atoms. The van der Waals surface area contributed by atoms with Crippen molar-refractivity contribution in [2.45, 2.75) is 58.0 Å². The molecule has 3 N–H and O–H groups in total.